The normalized spacial score (nSPS) is 6.50. The molecule has 0 aliphatic rings. The number of carbonyl (C=O) groups excluding carboxylic acids is 1. The van der Waals surface area contributed by atoms with Crippen molar-refractivity contribution in [1.29, 1.82) is 0 Å². The Labute approximate surface area is 58.4 Å². The van der Waals surface area contributed by atoms with Crippen LogP contribution in [0.15, 0.2) is 12.7 Å². The predicted molar refractivity (Wildman–Crippen MR) is 25.7 cm³/mol. The third-order valence-corrected chi connectivity index (χ3v) is 0.343. The standard InChI is InChI=1S/C4H7NO2.Cu/c1-2-3-7-4(5)6;/h2H,1,3H2,(H2,5,6);. The van der Waals surface area contributed by atoms with Crippen LogP contribution in [0.25, 0.3) is 0 Å². The van der Waals surface area contributed by atoms with Gasteiger partial charge in [-0.15, -0.1) is 0 Å². The number of nitrogens with two attached hydrogens (primary N) is 1. The minimum Gasteiger partial charge on any atom is -0.445 e. The van der Waals surface area contributed by atoms with Crippen LogP contribution in [0.4, 0.5) is 4.79 Å². The summed E-state index contributed by atoms with van der Waals surface area (Å²) in [5.74, 6) is 0. The fraction of sp³-hybridized carbons (Fsp3) is 0.250. The molecule has 0 saturated heterocycles. The SMILES string of the molecule is C=CCOC(N)=O.[Cu]. The van der Waals surface area contributed by atoms with Gasteiger partial charge in [-0.25, -0.2) is 4.79 Å². The van der Waals surface area contributed by atoms with E-state index in [1.54, 1.807) is 0 Å². The molecule has 1 radical (unpaired) electrons. The molecule has 4 heteroatoms. The van der Waals surface area contributed by atoms with Gasteiger partial charge in [0.25, 0.3) is 0 Å². The molecule has 0 aromatic rings. The quantitative estimate of drug-likeness (QED) is 0.471. The first kappa shape index (κ1) is 10.5. The van der Waals surface area contributed by atoms with E-state index in [-0.39, 0.29) is 23.7 Å². The maximum atomic E-state index is 9.71. The Morgan fingerprint density at radius 2 is 2.38 bits per heavy atom. The minimum atomic E-state index is -0.764. The zero-order valence-electron chi connectivity index (χ0n) is 4.19. The van der Waals surface area contributed by atoms with Crippen LogP contribution >= 0.6 is 0 Å². The molecule has 0 unspecified atom stereocenters. The van der Waals surface area contributed by atoms with E-state index < -0.39 is 6.09 Å². The summed E-state index contributed by atoms with van der Waals surface area (Å²) in [4.78, 5) is 9.71. The maximum Gasteiger partial charge on any atom is 0.404 e. The molecule has 51 valence electrons. The van der Waals surface area contributed by atoms with Crippen molar-refractivity contribution in [3.8, 4) is 0 Å². The summed E-state index contributed by atoms with van der Waals surface area (Å²) < 4.78 is 4.21. The van der Waals surface area contributed by atoms with Crippen LogP contribution in [-0.2, 0) is 21.8 Å². The van der Waals surface area contributed by atoms with Gasteiger partial charge in [0.15, 0.2) is 0 Å². The first-order valence-corrected chi connectivity index (χ1v) is 1.80. The molecule has 8 heavy (non-hydrogen) atoms. The molecule has 1 amide bonds. The van der Waals surface area contributed by atoms with Gasteiger partial charge < -0.3 is 10.5 Å². The Morgan fingerprint density at radius 1 is 1.88 bits per heavy atom. The summed E-state index contributed by atoms with van der Waals surface area (Å²) in [6.45, 7) is 3.49. The van der Waals surface area contributed by atoms with E-state index in [1.165, 1.54) is 6.08 Å². The van der Waals surface area contributed by atoms with Crippen LogP contribution in [0.5, 0.6) is 0 Å². The Kier molecular flexibility index (Phi) is 8.57. The molecule has 0 bridgehead atoms. The number of primary amides is 1. The second-order valence-corrected chi connectivity index (χ2v) is 0.919. The largest absolute Gasteiger partial charge is 0.445 e. The van der Waals surface area contributed by atoms with E-state index >= 15 is 0 Å². The summed E-state index contributed by atoms with van der Waals surface area (Å²) in [6, 6.07) is 0. The second kappa shape index (κ2) is 6.53. The summed E-state index contributed by atoms with van der Waals surface area (Å²) in [6.07, 6.45) is 0.685. The van der Waals surface area contributed by atoms with E-state index in [4.69, 9.17) is 0 Å². The summed E-state index contributed by atoms with van der Waals surface area (Å²) in [5, 5.41) is 0. The molecule has 0 aliphatic heterocycles. The van der Waals surface area contributed by atoms with Crippen molar-refractivity contribution in [3.05, 3.63) is 12.7 Å². The molecule has 0 spiro atoms. The zero-order valence-corrected chi connectivity index (χ0v) is 5.13. The number of rotatable bonds is 2. The molecule has 2 N–H and O–H groups in total. The topological polar surface area (TPSA) is 52.3 Å². The molecule has 3 nitrogen and oxygen atoms in total. The minimum absolute atomic E-state index is 0. The van der Waals surface area contributed by atoms with Crippen LogP contribution in [0.1, 0.15) is 0 Å². The van der Waals surface area contributed by atoms with Crippen molar-refractivity contribution in [2.45, 2.75) is 0 Å². The average Bonchev–Trinajstić information content (AvgIpc) is 1.61. The molecule has 0 heterocycles. The van der Waals surface area contributed by atoms with Gasteiger partial charge in [0.2, 0.25) is 0 Å². The van der Waals surface area contributed by atoms with Crippen LogP contribution in [0.3, 0.4) is 0 Å². The van der Waals surface area contributed by atoms with Crippen molar-refractivity contribution >= 4 is 6.09 Å². The molecule has 0 fully saturated rings. The van der Waals surface area contributed by atoms with Crippen LogP contribution < -0.4 is 5.73 Å². The molecular weight excluding hydrogens is 158 g/mol. The van der Waals surface area contributed by atoms with Gasteiger partial charge in [-0.3, -0.25) is 0 Å². The van der Waals surface area contributed by atoms with E-state index in [0.717, 1.165) is 0 Å². The third-order valence-electron chi connectivity index (χ3n) is 0.343. The molecule has 0 aliphatic carbocycles. The first-order valence-electron chi connectivity index (χ1n) is 1.80. The average molecular weight is 165 g/mol. The van der Waals surface area contributed by atoms with Crippen molar-refractivity contribution in [2.75, 3.05) is 6.61 Å². The van der Waals surface area contributed by atoms with E-state index in [2.05, 4.69) is 17.0 Å². The van der Waals surface area contributed by atoms with E-state index in [1.807, 2.05) is 0 Å². The van der Waals surface area contributed by atoms with Gasteiger partial charge in [-0.05, 0) is 0 Å². The van der Waals surface area contributed by atoms with Gasteiger partial charge >= 0.3 is 6.09 Å². The number of ether oxygens (including phenoxy) is 1. The number of hydrogen-bond donors (Lipinski definition) is 1. The van der Waals surface area contributed by atoms with Crippen LogP contribution in [-0.4, -0.2) is 12.7 Å². The summed E-state index contributed by atoms with van der Waals surface area (Å²) in [7, 11) is 0. The predicted octanol–water partition coefficient (Wildman–Crippen LogP) is 0.265. The Morgan fingerprint density at radius 3 is 2.50 bits per heavy atom. The van der Waals surface area contributed by atoms with Crippen molar-refractivity contribution in [3.63, 3.8) is 0 Å². The van der Waals surface area contributed by atoms with Crippen molar-refractivity contribution in [2.24, 2.45) is 5.73 Å². The molecule has 0 atom stereocenters. The Balaban J connectivity index is 0. The van der Waals surface area contributed by atoms with Crippen molar-refractivity contribution < 1.29 is 26.6 Å². The smallest absolute Gasteiger partial charge is 0.404 e. The third kappa shape index (κ3) is 9.11. The van der Waals surface area contributed by atoms with Gasteiger partial charge in [0.1, 0.15) is 6.61 Å². The molecular formula is C4H7CuNO2. The summed E-state index contributed by atoms with van der Waals surface area (Å²) >= 11 is 0. The molecule has 0 rings (SSSR count). The Bertz CT molecular complexity index is 84.1. The first-order chi connectivity index (χ1) is 3.27. The fourth-order valence-electron chi connectivity index (χ4n) is 0.141. The van der Waals surface area contributed by atoms with Gasteiger partial charge in [0, 0.05) is 17.1 Å². The Hall–Kier alpha value is -0.471. The molecule has 0 aromatic heterocycles. The van der Waals surface area contributed by atoms with Crippen LogP contribution in [0, 0.1) is 0 Å². The zero-order chi connectivity index (χ0) is 5.70. The summed E-state index contributed by atoms with van der Waals surface area (Å²) in [5.41, 5.74) is 4.57. The number of amides is 1. The second-order valence-electron chi connectivity index (χ2n) is 0.919. The van der Waals surface area contributed by atoms with Gasteiger partial charge in [-0.2, -0.15) is 0 Å². The van der Waals surface area contributed by atoms with Gasteiger partial charge in [0.05, 0.1) is 0 Å². The fourth-order valence-corrected chi connectivity index (χ4v) is 0.141. The maximum absolute atomic E-state index is 9.71. The number of hydrogen-bond acceptors (Lipinski definition) is 2. The van der Waals surface area contributed by atoms with Gasteiger partial charge in [-0.1, -0.05) is 12.7 Å². The molecule has 0 aromatic carbocycles. The monoisotopic (exact) mass is 164 g/mol. The molecule has 0 saturated carbocycles. The van der Waals surface area contributed by atoms with E-state index in [0.29, 0.717) is 0 Å². The van der Waals surface area contributed by atoms with Crippen molar-refractivity contribution in [1.82, 2.24) is 0 Å². The van der Waals surface area contributed by atoms with Crippen LogP contribution in [0.2, 0.25) is 0 Å². The van der Waals surface area contributed by atoms with E-state index in [9.17, 15) is 4.79 Å². The number of carbonyl (C=O) groups is 1.